The number of fused-ring (bicyclic) bond motifs is 1. The van der Waals surface area contributed by atoms with Crippen LogP contribution in [-0.2, 0) is 4.79 Å². The molecule has 0 spiro atoms. The molecule has 1 N–H and O–H groups in total. The fraction of sp³-hybridized carbons (Fsp3) is 0. The predicted octanol–water partition coefficient (Wildman–Crippen LogP) is 5.08. The Bertz CT molecular complexity index is 1110. The fourth-order valence-corrected chi connectivity index (χ4v) is 3.55. The molecule has 6 nitrogen and oxygen atoms in total. The molecule has 2 aromatic carbocycles. The van der Waals surface area contributed by atoms with E-state index in [1.54, 1.807) is 18.2 Å². The molecule has 0 aliphatic carbocycles. The third-order valence-electron chi connectivity index (χ3n) is 3.91. The zero-order valence-corrected chi connectivity index (χ0v) is 14.5. The molecule has 0 bridgehead atoms. The van der Waals surface area contributed by atoms with Crippen molar-refractivity contribution < 1.29 is 18.5 Å². The molecule has 0 unspecified atom stereocenters. The van der Waals surface area contributed by atoms with Crippen LogP contribution >= 0.6 is 11.8 Å². The zero-order chi connectivity index (χ0) is 19.0. The van der Waals surface area contributed by atoms with Crippen molar-refractivity contribution in [3.05, 3.63) is 81.2 Å². The van der Waals surface area contributed by atoms with Gasteiger partial charge in [0, 0.05) is 22.6 Å². The van der Waals surface area contributed by atoms with Crippen LogP contribution < -0.4 is 5.32 Å². The van der Waals surface area contributed by atoms with Crippen molar-refractivity contribution in [1.82, 2.24) is 0 Å². The summed E-state index contributed by atoms with van der Waals surface area (Å²) in [6.45, 7) is 0. The van der Waals surface area contributed by atoms with Crippen LogP contribution in [-0.4, -0.2) is 10.8 Å². The molecule has 134 valence electrons. The summed E-state index contributed by atoms with van der Waals surface area (Å²) >= 11 is 1.32. The summed E-state index contributed by atoms with van der Waals surface area (Å²) < 4.78 is 19.2. The number of amides is 1. The standard InChI is InChI=1S/C19H11FN2O4S/c20-13-7-5-11(9-15(13)22(24)25)16-8-6-12(26-16)10-18-19(23)21-14-3-1-2-4-17(14)27-18/h1-10H,(H,21,23)/b18-10-. The van der Waals surface area contributed by atoms with Gasteiger partial charge < -0.3 is 9.73 Å². The Hall–Kier alpha value is -3.39. The minimum atomic E-state index is -0.911. The lowest BCUT2D eigenvalue weighted by atomic mass is 10.1. The van der Waals surface area contributed by atoms with Gasteiger partial charge in [-0.1, -0.05) is 23.9 Å². The SMILES string of the molecule is O=C1Nc2ccccc2S/C1=C\c1ccc(-c2ccc(F)c([N+](=O)[O-])c2)o1. The Morgan fingerprint density at radius 3 is 2.78 bits per heavy atom. The number of hydrogen-bond donors (Lipinski definition) is 1. The Labute approximate surface area is 156 Å². The molecule has 0 atom stereocenters. The lowest BCUT2D eigenvalue weighted by Crippen LogP contribution is -2.16. The average molecular weight is 382 g/mol. The van der Waals surface area contributed by atoms with Gasteiger partial charge in [-0.15, -0.1) is 0 Å². The molecular formula is C19H11FN2O4S. The van der Waals surface area contributed by atoms with Crippen LogP contribution in [0.15, 0.2) is 68.8 Å². The molecule has 2 heterocycles. The second-order valence-electron chi connectivity index (χ2n) is 5.69. The van der Waals surface area contributed by atoms with Gasteiger partial charge in [-0.3, -0.25) is 14.9 Å². The molecule has 3 aromatic rings. The van der Waals surface area contributed by atoms with Crippen LogP contribution in [0.1, 0.15) is 5.76 Å². The maximum absolute atomic E-state index is 13.5. The van der Waals surface area contributed by atoms with Crippen molar-refractivity contribution >= 4 is 35.1 Å². The number of thioether (sulfide) groups is 1. The summed E-state index contributed by atoms with van der Waals surface area (Å²) in [5.41, 5.74) is 0.505. The van der Waals surface area contributed by atoms with E-state index < -0.39 is 16.4 Å². The van der Waals surface area contributed by atoms with Crippen molar-refractivity contribution in [2.24, 2.45) is 0 Å². The summed E-state index contributed by atoms with van der Waals surface area (Å²) in [5.74, 6) is -0.402. The number of nitrogens with zero attached hydrogens (tertiary/aromatic N) is 1. The largest absolute Gasteiger partial charge is 0.457 e. The first kappa shape index (κ1) is 17.0. The maximum Gasteiger partial charge on any atom is 0.305 e. The van der Waals surface area contributed by atoms with Crippen molar-refractivity contribution in [1.29, 1.82) is 0 Å². The van der Waals surface area contributed by atoms with E-state index in [9.17, 15) is 19.3 Å². The number of para-hydroxylation sites is 1. The number of benzene rings is 2. The number of furan rings is 1. The van der Waals surface area contributed by atoms with E-state index in [0.717, 1.165) is 22.7 Å². The van der Waals surface area contributed by atoms with Gasteiger partial charge >= 0.3 is 5.69 Å². The Kier molecular flexibility index (Phi) is 4.25. The number of nitrogens with one attached hydrogen (secondary N) is 1. The number of nitro benzene ring substituents is 1. The lowest BCUT2D eigenvalue weighted by Gasteiger charge is -2.17. The summed E-state index contributed by atoms with van der Waals surface area (Å²) in [7, 11) is 0. The number of rotatable bonds is 3. The Balaban J connectivity index is 1.64. The van der Waals surface area contributed by atoms with Crippen molar-refractivity contribution in [3.63, 3.8) is 0 Å². The highest BCUT2D eigenvalue weighted by molar-refractivity contribution is 8.04. The van der Waals surface area contributed by atoms with Crippen molar-refractivity contribution in [2.75, 3.05) is 5.32 Å². The second-order valence-corrected chi connectivity index (χ2v) is 6.77. The number of anilines is 1. The van der Waals surface area contributed by atoms with Gasteiger partial charge in [0.1, 0.15) is 11.5 Å². The topological polar surface area (TPSA) is 85.4 Å². The van der Waals surface area contributed by atoms with Gasteiger partial charge in [-0.2, -0.15) is 4.39 Å². The number of carbonyl (C=O) groups is 1. The quantitative estimate of drug-likeness (QED) is 0.388. The van der Waals surface area contributed by atoms with Gasteiger partial charge in [-0.05, 0) is 36.4 Å². The van der Waals surface area contributed by atoms with Crippen molar-refractivity contribution in [2.45, 2.75) is 4.90 Å². The van der Waals surface area contributed by atoms with Crippen LogP contribution in [0.3, 0.4) is 0 Å². The molecule has 0 fully saturated rings. The first-order valence-corrected chi connectivity index (χ1v) is 8.67. The highest BCUT2D eigenvalue weighted by Gasteiger charge is 2.21. The van der Waals surface area contributed by atoms with Gasteiger partial charge in [0.2, 0.25) is 5.82 Å². The zero-order valence-electron chi connectivity index (χ0n) is 13.6. The maximum atomic E-state index is 13.5. The molecule has 8 heteroatoms. The first-order chi connectivity index (χ1) is 13.0. The highest BCUT2D eigenvalue weighted by atomic mass is 32.2. The molecule has 0 radical (unpaired) electrons. The van der Waals surface area contributed by atoms with E-state index in [4.69, 9.17) is 4.42 Å². The molecule has 1 amide bonds. The normalized spacial score (nSPS) is 14.7. The molecule has 1 aliphatic rings. The van der Waals surface area contributed by atoms with Crippen LogP contribution in [0.4, 0.5) is 15.8 Å². The molecule has 1 aromatic heterocycles. The number of halogens is 1. The molecule has 27 heavy (non-hydrogen) atoms. The Morgan fingerprint density at radius 1 is 1.15 bits per heavy atom. The van der Waals surface area contributed by atoms with E-state index in [2.05, 4.69) is 5.32 Å². The first-order valence-electron chi connectivity index (χ1n) is 7.85. The minimum absolute atomic E-state index is 0.242. The number of carbonyl (C=O) groups excluding carboxylic acids is 1. The monoisotopic (exact) mass is 382 g/mol. The summed E-state index contributed by atoms with van der Waals surface area (Å²) in [6.07, 6.45) is 1.59. The lowest BCUT2D eigenvalue weighted by molar-refractivity contribution is -0.387. The fourth-order valence-electron chi connectivity index (χ4n) is 2.62. The molecule has 4 rings (SSSR count). The third kappa shape index (κ3) is 3.34. The second kappa shape index (κ2) is 6.73. The molecule has 0 saturated carbocycles. The molecule has 1 aliphatic heterocycles. The van der Waals surface area contributed by atoms with Gasteiger partial charge in [0.05, 0.1) is 15.5 Å². The van der Waals surface area contributed by atoms with Crippen LogP contribution in [0, 0.1) is 15.9 Å². The number of nitro groups is 1. The van der Waals surface area contributed by atoms with E-state index in [1.807, 2.05) is 24.3 Å². The number of hydrogen-bond acceptors (Lipinski definition) is 5. The summed E-state index contributed by atoms with van der Waals surface area (Å²) in [5, 5.41) is 13.7. The smallest absolute Gasteiger partial charge is 0.305 e. The minimum Gasteiger partial charge on any atom is -0.457 e. The van der Waals surface area contributed by atoms with Crippen LogP contribution in [0.25, 0.3) is 17.4 Å². The highest BCUT2D eigenvalue weighted by Crippen LogP contribution is 2.39. The van der Waals surface area contributed by atoms with Crippen LogP contribution in [0.2, 0.25) is 0 Å². The van der Waals surface area contributed by atoms with E-state index >= 15 is 0 Å². The van der Waals surface area contributed by atoms with Gasteiger partial charge in [-0.25, -0.2) is 0 Å². The van der Waals surface area contributed by atoms with Crippen LogP contribution in [0.5, 0.6) is 0 Å². The van der Waals surface area contributed by atoms with E-state index in [1.165, 1.54) is 17.8 Å². The van der Waals surface area contributed by atoms with Gasteiger partial charge in [0.25, 0.3) is 5.91 Å². The molecular weight excluding hydrogens is 371 g/mol. The van der Waals surface area contributed by atoms with Crippen molar-refractivity contribution in [3.8, 4) is 11.3 Å². The predicted molar refractivity (Wildman–Crippen MR) is 99.7 cm³/mol. The summed E-state index contributed by atoms with van der Waals surface area (Å²) in [6, 6.07) is 14.2. The summed E-state index contributed by atoms with van der Waals surface area (Å²) in [4.78, 5) is 23.7. The van der Waals surface area contributed by atoms with E-state index in [0.29, 0.717) is 22.0 Å². The Morgan fingerprint density at radius 2 is 1.96 bits per heavy atom. The molecule has 0 saturated heterocycles. The van der Waals surface area contributed by atoms with Gasteiger partial charge in [0.15, 0.2) is 0 Å². The van der Waals surface area contributed by atoms with E-state index in [-0.39, 0.29) is 5.91 Å². The third-order valence-corrected chi connectivity index (χ3v) is 5.01. The average Bonchev–Trinajstić information content (AvgIpc) is 3.11.